The van der Waals surface area contributed by atoms with E-state index in [4.69, 9.17) is 9.62 Å². The molecule has 5 rings (SSSR count). The summed E-state index contributed by atoms with van der Waals surface area (Å²) in [5.41, 5.74) is 3.24. The fourth-order valence-electron chi connectivity index (χ4n) is 4.60. The molecule has 2 aromatic heterocycles. The number of nitrogens with zero attached hydrogens (tertiary/aromatic N) is 6. The van der Waals surface area contributed by atoms with Crippen LogP contribution in [0.2, 0.25) is 0 Å². The molecule has 0 spiro atoms. The quantitative estimate of drug-likeness (QED) is 0.677. The number of rotatable bonds is 3. The number of benzene rings is 1. The van der Waals surface area contributed by atoms with Crippen LogP contribution in [0.3, 0.4) is 0 Å². The van der Waals surface area contributed by atoms with Crippen molar-refractivity contribution >= 4 is 32.6 Å². The summed E-state index contributed by atoms with van der Waals surface area (Å²) in [6.07, 6.45) is 5.15. The number of nitrogens with one attached hydrogen (secondary N) is 1. The molecule has 0 radical (unpaired) electrons. The molecule has 11 heteroatoms. The first-order valence-corrected chi connectivity index (χ1v) is 11.5. The number of piperidine rings is 1. The third-order valence-electron chi connectivity index (χ3n) is 5.89. The molecular weight excluding hydrogens is 406 g/mol. The number of hydrogen-bond donors (Lipinski definition) is 1. The molecule has 0 saturated carbocycles. The molecule has 0 amide bonds. The molecule has 1 aromatic carbocycles. The van der Waals surface area contributed by atoms with Gasteiger partial charge in [0.2, 0.25) is 10.0 Å². The van der Waals surface area contributed by atoms with Gasteiger partial charge in [0.05, 0.1) is 36.2 Å². The second kappa shape index (κ2) is 7.00. The van der Waals surface area contributed by atoms with Gasteiger partial charge in [-0.3, -0.25) is 5.10 Å². The van der Waals surface area contributed by atoms with Crippen LogP contribution in [0, 0.1) is 17.2 Å². The Morgan fingerprint density at radius 1 is 1.27 bits per heavy atom. The van der Waals surface area contributed by atoms with Crippen LogP contribution in [0.25, 0.3) is 11.0 Å². The van der Waals surface area contributed by atoms with Crippen molar-refractivity contribution in [3.8, 4) is 6.07 Å². The van der Waals surface area contributed by atoms with Crippen molar-refractivity contribution in [2.45, 2.75) is 31.2 Å². The van der Waals surface area contributed by atoms with E-state index in [0.717, 1.165) is 24.0 Å². The summed E-state index contributed by atoms with van der Waals surface area (Å²) in [5.74, 6) is -0.561. The monoisotopic (exact) mass is 425 g/mol. The lowest BCUT2D eigenvalue weighted by Crippen LogP contribution is -2.50. The largest absolute Gasteiger partial charge is 0.261 e. The molecule has 10 nitrogen and oxygen atoms in total. The van der Waals surface area contributed by atoms with Gasteiger partial charge < -0.3 is 0 Å². The minimum Gasteiger partial charge on any atom is -0.261 e. The molecule has 2 aliphatic rings. The fourth-order valence-corrected chi connectivity index (χ4v) is 5.74. The summed E-state index contributed by atoms with van der Waals surface area (Å²) in [7, 11) is -3.45. The van der Waals surface area contributed by atoms with Gasteiger partial charge >= 0.3 is 0 Å². The van der Waals surface area contributed by atoms with Crippen LogP contribution in [0.1, 0.15) is 36.3 Å². The number of nitriles is 1. The number of H-pyrrole nitrogens is 1. The molecule has 1 fully saturated rings. The predicted octanol–water partition coefficient (Wildman–Crippen LogP) is 2.12. The predicted molar refractivity (Wildman–Crippen MR) is 108 cm³/mol. The summed E-state index contributed by atoms with van der Waals surface area (Å²) < 4.78 is 31.3. The summed E-state index contributed by atoms with van der Waals surface area (Å²) >= 11 is 0. The van der Waals surface area contributed by atoms with E-state index in [0.29, 0.717) is 35.5 Å². The second-order valence-electron chi connectivity index (χ2n) is 7.66. The first kappa shape index (κ1) is 18.9. The third-order valence-corrected chi connectivity index (χ3v) is 7.18. The molecule has 1 N–H and O–H groups in total. The highest BCUT2D eigenvalue weighted by Crippen LogP contribution is 2.44. The Morgan fingerprint density at radius 3 is 2.93 bits per heavy atom. The van der Waals surface area contributed by atoms with Crippen molar-refractivity contribution in [2.24, 2.45) is 10.9 Å². The Balaban J connectivity index is 1.69. The van der Waals surface area contributed by atoms with Gasteiger partial charge in [-0.25, -0.2) is 18.0 Å². The molecule has 154 valence electrons. The van der Waals surface area contributed by atoms with Crippen molar-refractivity contribution < 1.29 is 13.0 Å². The van der Waals surface area contributed by atoms with Crippen LogP contribution < -0.4 is 0 Å². The number of hydrogen-bond acceptors (Lipinski definition) is 8. The number of fused-ring (bicyclic) bond motifs is 2. The van der Waals surface area contributed by atoms with Gasteiger partial charge in [0, 0.05) is 18.0 Å². The lowest BCUT2D eigenvalue weighted by molar-refractivity contribution is 0.302. The number of sulfonamides is 1. The van der Waals surface area contributed by atoms with Gasteiger partial charge in [0.25, 0.3) is 0 Å². The molecule has 1 saturated heterocycles. The molecular formula is C19H19N7O3S. The zero-order valence-corrected chi connectivity index (χ0v) is 17.0. The summed E-state index contributed by atoms with van der Waals surface area (Å²) in [6, 6.07) is 7.43. The van der Waals surface area contributed by atoms with Crippen molar-refractivity contribution in [1.82, 2.24) is 24.8 Å². The van der Waals surface area contributed by atoms with Crippen LogP contribution in [-0.4, -0.2) is 57.8 Å². The van der Waals surface area contributed by atoms with Gasteiger partial charge in [-0.2, -0.15) is 14.7 Å². The third kappa shape index (κ3) is 2.91. The van der Waals surface area contributed by atoms with Gasteiger partial charge in [-0.05, 0) is 34.8 Å². The van der Waals surface area contributed by atoms with Gasteiger partial charge in [0.15, 0.2) is 5.82 Å². The molecule has 0 bridgehead atoms. The van der Waals surface area contributed by atoms with E-state index in [1.807, 2.05) is 12.1 Å². The topological polar surface area (TPSA) is 141 Å². The summed E-state index contributed by atoms with van der Waals surface area (Å²) in [5, 5.41) is 25.2. The normalized spacial score (nSPS) is 24.9. The van der Waals surface area contributed by atoms with Crippen LogP contribution in [0.15, 0.2) is 34.0 Å². The molecule has 3 atom stereocenters. The Morgan fingerprint density at radius 2 is 2.13 bits per heavy atom. The summed E-state index contributed by atoms with van der Waals surface area (Å²) in [6.45, 7) is 0.421. The standard InChI is InChI=1S/C19H19N7O3S/c1-30(27,28)26-8-3-2-7-15(26)18-12(9-20)16(13-10-21-23-19(13)22-18)11-5-4-6-14-17(11)25-29-24-14/h4-6,10,12,15-16H,2-3,7-8H2,1H3,(H,21,23). The van der Waals surface area contributed by atoms with Crippen LogP contribution in [0.4, 0.5) is 5.82 Å². The molecule has 2 aliphatic heterocycles. The highest BCUT2D eigenvalue weighted by molar-refractivity contribution is 7.88. The first-order chi connectivity index (χ1) is 14.5. The van der Waals surface area contributed by atoms with Gasteiger partial charge in [-0.15, -0.1) is 0 Å². The fraction of sp³-hybridized carbons (Fsp3) is 0.421. The average Bonchev–Trinajstić information content (AvgIpc) is 3.40. The maximum atomic E-state index is 12.5. The summed E-state index contributed by atoms with van der Waals surface area (Å²) in [4.78, 5) is 4.70. The van der Waals surface area contributed by atoms with Gasteiger partial charge in [-0.1, -0.05) is 18.6 Å². The molecule has 3 unspecified atom stereocenters. The van der Waals surface area contributed by atoms with Crippen molar-refractivity contribution in [1.29, 1.82) is 5.26 Å². The minimum absolute atomic E-state index is 0.421. The Labute approximate surface area is 172 Å². The Bertz CT molecular complexity index is 1290. The van der Waals surface area contributed by atoms with E-state index in [2.05, 4.69) is 26.6 Å². The molecule has 30 heavy (non-hydrogen) atoms. The van der Waals surface area contributed by atoms with Crippen molar-refractivity contribution in [2.75, 3.05) is 12.8 Å². The number of aliphatic imine (C=N–C) groups is 1. The van der Waals surface area contributed by atoms with Gasteiger partial charge in [0.1, 0.15) is 11.0 Å². The van der Waals surface area contributed by atoms with Crippen molar-refractivity contribution in [3.05, 3.63) is 35.5 Å². The number of aromatic amines is 1. The first-order valence-electron chi connectivity index (χ1n) is 9.68. The maximum Gasteiger partial charge on any atom is 0.211 e. The van der Waals surface area contributed by atoms with Crippen molar-refractivity contribution in [3.63, 3.8) is 0 Å². The number of aromatic nitrogens is 4. The molecule has 3 aromatic rings. The highest BCUT2D eigenvalue weighted by atomic mass is 32.2. The smallest absolute Gasteiger partial charge is 0.211 e. The molecule has 4 heterocycles. The van der Waals surface area contributed by atoms with E-state index in [1.54, 1.807) is 12.3 Å². The average molecular weight is 425 g/mol. The zero-order chi connectivity index (χ0) is 20.9. The maximum absolute atomic E-state index is 12.5. The molecule has 0 aliphatic carbocycles. The van der Waals surface area contributed by atoms with Crippen LogP contribution in [0.5, 0.6) is 0 Å². The Kier molecular flexibility index (Phi) is 4.41. The zero-order valence-electron chi connectivity index (χ0n) is 16.2. The van der Waals surface area contributed by atoms with Crippen LogP contribution in [-0.2, 0) is 10.0 Å². The SMILES string of the molecule is CS(=O)(=O)N1CCCCC1C1=Nc2[nH]ncc2C(c2cccc3nonc23)C1C#N. The van der Waals surface area contributed by atoms with E-state index in [-0.39, 0.29) is 0 Å². The second-order valence-corrected chi connectivity index (χ2v) is 9.59. The highest BCUT2D eigenvalue weighted by Gasteiger charge is 2.43. The van der Waals surface area contributed by atoms with Crippen LogP contribution >= 0.6 is 0 Å². The lowest BCUT2D eigenvalue weighted by Gasteiger charge is -2.38. The van der Waals surface area contributed by atoms with E-state index >= 15 is 0 Å². The lowest BCUT2D eigenvalue weighted by atomic mass is 9.75. The van der Waals surface area contributed by atoms with E-state index < -0.39 is 27.9 Å². The Hall–Kier alpha value is -3.10. The minimum atomic E-state index is -3.45. The van der Waals surface area contributed by atoms with E-state index in [1.165, 1.54) is 10.6 Å². The van der Waals surface area contributed by atoms with E-state index in [9.17, 15) is 13.7 Å².